The van der Waals surface area contributed by atoms with E-state index in [1.807, 2.05) is 0 Å². The summed E-state index contributed by atoms with van der Waals surface area (Å²) < 4.78 is 0. The minimum atomic E-state index is 0.420. The molecule has 0 amide bonds. The van der Waals surface area contributed by atoms with Gasteiger partial charge < -0.3 is 5.32 Å². The van der Waals surface area contributed by atoms with Gasteiger partial charge in [-0.3, -0.25) is 4.90 Å². The van der Waals surface area contributed by atoms with Crippen LogP contribution in [0.25, 0.3) is 0 Å². The average molecular weight is 180 g/mol. The minimum Gasteiger partial charge on any atom is -0.316 e. The summed E-state index contributed by atoms with van der Waals surface area (Å²) in [5, 5.41) is 3.44. The molecule has 0 radical (unpaired) electrons. The molecule has 0 aromatic heterocycles. The summed E-state index contributed by atoms with van der Waals surface area (Å²) in [6, 6.07) is 0. The fraction of sp³-hybridized carbons (Fsp3) is 0.818. The van der Waals surface area contributed by atoms with Gasteiger partial charge in [-0.25, -0.2) is 0 Å². The molecule has 2 heteroatoms. The van der Waals surface area contributed by atoms with E-state index in [1.54, 1.807) is 0 Å². The molecule has 0 saturated carbocycles. The Morgan fingerprint density at radius 1 is 1.62 bits per heavy atom. The highest BCUT2D eigenvalue weighted by molar-refractivity contribution is 4.90. The molecule has 0 aliphatic carbocycles. The Morgan fingerprint density at radius 3 is 2.92 bits per heavy atom. The highest BCUT2D eigenvalue weighted by Gasteiger charge is 2.27. The van der Waals surface area contributed by atoms with Crippen LogP contribution in [0, 0.1) is 17.8 Å². The molecule has 74 valence electrons. The number of terminal acetylenes is 1. The third-order valence-electron chi connectivity index (χ3n) is 2.70. The molecule has 1 rings (SSSR count). The van der Waals surface area contributed by atoms with Gasteiger partial charge in [0.1, 0.15) is 0 Å². The normalized spacial score (nSPS) is 28.8. The SMILES string of the molecule is C#CCN(C)CC1(C)CCCNC1. The Balaban J connectivity index is 2.36. The van der Waals surface area contributed by atoms with Crippen LogP contribution in [0.5, 0.6) is 0 Å². The summed E-state index contributed by atoms with van der Waals surface area (Å²) in [5.41, 5.74) is 0.420. The van der Waals surface area contributed by atoms with Crippen molar-refractivity contribution in [3.05, 3.63) is 0 Å². The first-order valence-corrected chi connectivity index (χ1v) is 4.99. The van der Waals surface area contributed by atoms with Crippen molar-refractivity contribution in [3.8, 4) is 12.3 Å². The number of rotatable bonds is 3. The molecule has 13 heavy (non-hydrogen) atoms. The van der Waals surface area contributed by atoms with Crippen LogP contribution in [-0.2, 0) is 0 Å². The predicted molar refractivity (Wildman–Crippen MR) is 56.5 cm³/mol. The van der Waals surface area contributed by atoms with Gasteiger partial charge in [-0.05, 0) is 31.8 Å². The van der Waals surface area contributed by atoms with Crippen LogP contribution in [0.2, 0.25) is 0 Å². The molecule has 0 aromatic carbocycles. The number of nitrogens with one attached hydrogen (secondary N) is 1. The van der Waals surface area contributed by atoms with Crippen molar-refractivity contribution < 1.29 is 0 Å². The number of nitrogens with zero attached hydrogens (tertiary/aromatic N) is 1. The summed E-state index contributed by atoms with van der Waals surface area (Å²) in [7, 11) is 2.10. The van der Waals surface area contributed by atoms with Crippen LogP contribution in [0.1, 0.15) is 19.8 Å². The van der Waals surface area contributed by atoms with Gasteiger partial charge in [0.2, 0.25) is 0 Å². The van der Waals surface area contributed by atoms with Crippen LogP contribution in [-0.4, -0.2) is 38.1 Å². The predicted octanol–water partition coefficient (Wildman–Crippen LogP) is 0.941. The quantitative estimate of drug-likeness (QED) is 0.650. The number of hydrogen-bond donors (Lipinski definition) is 1. The molecule has 1 aliphatic rings. The Kier molecular flexibility index (Phi) is 3.77. The molecule has 0 spiro atoms. The van der Waals surface area contributed by atoms with Crippen molar-refractivity contribution >= 4 is 0 Å². The van der Waals surface area contributed by atoms with Gasteiger partial charge in [0.25, 0.3) is 0 Å². The van der Waals surface area contributed by atoms with Crippen molar-refractivity contribution in [2.45, 2.75) is 19.8 Å². The monoisotopic (exact) mass is 180 g/mol. The van der Waals surface area contributed by atoms with E-state index in [4.69, 9.17) is 6.42 Å². The van der Waals surface area contributed by atoms with E-state index < -0.39 is 0 Å². The molecule has 1 aliphatic heterocycles. The van der Waals surface area contributed by atoms with Gasteiger partial charge in [0.15, 0.2) is 0 Å². The summed E-state index contributed by atoms with van der Waals surface area (Å²) in [6.07, 6.45) is 7.88. The van der Waals surface area contributed by atoms with Crippen molar-refractivity contribution in [1.29, 1.82) is 0 Å². The maximum absolute atomic E-state index is 5.27. The fourth-order valence-corrected chi connectivity index (χ4v) is 2.12. The van der Waals surface area contributed by atoms with Crippen LogP contribution < -0.4 is 5.32 Å². The second-order valence-corrected chi connectivity index (χ2v) is 4.47. The highest BCUT2D eigenvalue weighted by Crippen LogP contribution is 2.25. The lowest BCUT2D eigenvalue weighted by atomic mass is 9.82. The molecule has 1 saturated heterocycles. The van der Waals surface area contributed by atoms with Gasteiger partial charge >= 0.3 is 0 Å². The Morgan fingerprint density at radius 2 is 2.38 bits per heavy atom. The summed E-state index contributed by atoms with van der Waals surface area (Å²) >= 11 is 0. The van der Waals surface area contributed by atoms with Crippen LogP contribution in [0.4, 0.5) is 0 Å². The zero-order valence-corrected chi connectivity index (χ0v) is 8.77. The zero-order chi connectivity index (χ0) is 9.73. The third kappa shape index (κ3) is 3.38. The van der Waals surface area contributed by atoms with Crippen LogP contribution in [0.15, 0.2) is 0 Å². The molecule has 0 aromatic rings. The van der Waals surface area contributed by atoms with Gasteiger partial charge in [0.05, 0.1) is 6.54 Å². The third-order valence-corrected chi connectivity index (χ3v) is 2.70. The maximum Gasteiger partial charge on any atom is 0.0596 e. The lowest BCUT2D eigenvalue weighted by Gasteiger charge is -2.36. The first kappa shape index (κ1) is 10.6. The van der Waals surface area contributed by atoms with E-state index in [0.717, 1.165) is 19.6 Å². The van der Waals surface area contributed by atoms with Gasteiger partial charge in [0, 0.05) is 13.1 Å². The van der Waals surface area contributed by atoms with E-state index >= 15 is 0 Å². The molecule has 1 atom stereocenters. The van der Waals surface area contributed by atoms with E-state index in [1.165, 1.54) is 19.4 Å². The first-order chi connectivity index (χ1) is 6.16. The molecule has 1 N–H and O–H groups in total. The molecule has 1 fully saturated rings. The minimum absolute atomic E-state index is 0.420. The number of hydrogen-bond acceptors (Lipinski definition) is 2. The zero-order valence-electron chi connectivity index (χ0n) is 8.77. The second kappa shape index (κ2) is 4.64. The van der Waals surface area contributed by atoms with E-state index in [-0.39, 0.29) is 0 Å². The average Bonchev–Trinajstić information content (AvgIpc) is 2.04. The second-order valence-electron chi connectivity index (χ2n) is 4.47. The topological polar surface area (TPSA) is 15.3 Å². The van der Waals surface area contributed by atoms with Gasteiger partial charge in [-0.1, -0.05) is 12.8 Å². The van der Waals surface area contributed by atoms with Gasteiger partial charge in [-0.2, -0.15) is 0 Å². The van der Waals surface area contributed by atoms with Crippen LogP contribution in [0.3, 0.4) is 0 Å². The highest BCUT2D eigenvalue weighted by atomic mass is 15.1. The summed E-state index contributed by atoms with van der Waals surface area (Å²) in [4.78, 5) is 2.23. The number of piperidine rings is 1. The lowest BCUT2D eigenvalue weighted by molar-refractivity contribution is 0.163. The lowest BCUT2D eigenvalue weighted by Crippen LogP contribution is -2.44. The molecule has 2 nitrogen and oxygen atoms in total. The van der Waals surface area contributed by atoms with E-state index in [9.17, 15) is 0 Å². The van der Waals surface area contributed by atoms with Crippen LogP contribution >= 0.6 is 0 Å². The van der Waals surface area contributed by atoms with Crippen molar-refractivity contribution in [2.75, 3.05) is 33.2 Å². The summed E-state index contributed by atoms with van der Waals surface area (Å²) in [6.45, 7) is 6.50. The van der Waals surface area contributed by atoms with Crippen molar-refractivity contribution in [1.82, 2.24) is 10.2 Å². The smallest absolute Gasteiger partial charge is 0.0596 e. The van der Waals surface area contributed by atoms with Crippen molar-refractivity contribution in [3.63, 3.8) is 0 Å². The Labute approximate surface area is 81.7 Å². The largest absolute Gasteiger partial charge is 0.316 e. The Bertz CT molecular complexity index is 187. The fourth-order valence-electron chi connectivity index (χ4n) is 2.12. The maximum atomic E-state index is 5.27. The van der Waals surface area contributed by atoms with E-state index in [2.05, 4.69) is 30.1 Å². The summed E-state index contributed by atoms with van der Waals surface area (Å²) in [5.74, 6) is 2.68. The van der Waals surface area contributed by atoms with E-state index in [0.29, 0.717) is 5.41 Å². The molecular weight excluding hydrogens is 160 g/mol. The molecule has 1 heterocycles. The van der Waals surface area contributed by atoms with Gasteiger partial charge in [-0.15, -0.1) is 6.42 Å². The first-order valence-electron chi connectivity index (χ1n) is 4.99. The molecule has 1 unspecified atom stereocenters. The molecule has 0 bridgehead atoms. The molecular formula is C11H20N2. The van der Waals surface area contributed by atoms with Crippen molar-refractivity contribution in [2.24, 2.45) is 5.41 Å². The Hall–Kier alpha value is -0.520. The standard InChI is InChI=1S/C11H20N2/c1-4-8-13(3)10-11(2)6-5-7-12-9-11/h1,12H,5-10H2,2-3H3.